The summed E-state index contributed by atoms with van der Waals surface area (Å²) in [5.41, 5.74) is 4.63. The minimum absolute atomic E-state index is 0.359. The van der Waals surface area contributed by atoms with Gasteiger partial charge in [-0.25, -0.2) is 0 Å². The molecule has 0 saturated heterocycles. The van der Waals surface area contributed by atoms with Crippen molar-refractivity contribution in [3.8, 4) is 0 Å². The van der Waals surface area contributed by atoms with Gasteiger partial charge in [-0.05, 0) is 101 Å². The molecular formula is C30H53N3O. The van der Waals surface area contributed by atoms with Gasteiger partial charge in [-0.3, -0.25) is 5.43 Å². The summed E-state index contributed by atoms with van der Waals surface area (Å²) < 4.78 is 0. The van der Waals surface area contributed by atoms with E-state index in [0.717, 1.165) is 35.8 Å². The van der Waals surface area contributed by atoms with E-state index in [9.17, 15) is 0 Å². The number of nitrogens with zero attached hydrogens (tertiary/aromatic N) is 1. The largest absolute Gasteiger partial charge is 0.316 e. The molecule has 0 bridgehead atoms. The van der Waals surface area contributed by atoms with Gasteiger partial charge < -0.3 is 10.1 Å². The highest BCUT2D eigenvalue weighted by Gasteiger charge is 2.58. The highest BCUT2D eigenvalue weighted by Crippen LogP contribution is 2.65. The van der Waals surface area contributed by atoms with Crippen LogP contribution in [0.3, 0.4) is 0 Å². The zero-order valence-electron chi connectivity index (χ0n) is 23.2. The molecule has 0 radical (unpaired) electrons. The molecule has 3 aliphatic carbocycles. The van der Waals surface area contributed by atoms with E-state index in [0.29, 0.717) is 16.9 Å². The molecule has 2 N–H and O–H groups in total. The molecule has 0 aromatic carbocycles. The Morgan fingerprint density at radius 1 is 1.09 bits per heavy atom. The van der Waals surface area contributed by atoms with Crippen molar-refractivity contribution >= 4 is 12.5 Å². The Balaban J connectivity index is 0.000000409. The predicted molar refractivity (Wildman–Crippen MR) is 149 cm³/mol. The van der Waals surface area contributed by atoms with Crippen LogP contribution in [0.5, 0.6) is 0 Å². The van der Waals surface area contributed by atoms with Crippen LogP contribution in [0.15, 0.2) is 42.2 Å². The maximum absolute atomic E-state index is 8.00. The van der Waals surface area contributed by atoms with Crippen molar-refractivity contribution < 1.29 is 4.79 Å². The molecule has 3 aliphatic rings. The molecule has 3 fully saturated rings. The molecule has 7 atom stereocenters. The van der Waals surface area contributed by atoms with Gasteiger partial charge in [-0.15, -0.1) is 0 Å². The van der Waals surface area contributed by atoms with Crippen LogP contribution in [0.2, 0.25) is 0 Å². The van der Waals surface area contributed by atoms with Crippen LogP contribution in [-0.4, -0.2) is 25.6 Å². The number of carbonyl (C=O) groups is 1. The Labute approximate surface area is 210 Å². The molecule has 0 spiro atoms. The van der Waals surface area contributed by atoms with Crippen LogP contribution in [0.4, 0.5) is 0 Å². The third-order valence-electron chi connectivity index (χ3n) is 9.27. The third-order valence-corrected chi connectivity index (χ3v) is 9.27. The van der Waals surface area contributed by atoms with Crippen LogP contribution in [0.1, 0.15) is 92.9 Å². The quantitative estimate of drug-likeness (QED) is 0.233. The fraction of sp³-hybridized carbons (Fsp3) is 0.733. The van der Waals surface area contributed by atoms with E-state index in [1.165, 1.54) is 44.9 Å². The first-order valence-corrected chi connectivity index (χ1v) is 13.5. The summed E-state index contributed by atoms with van der Waals surface area (Å²) in [5.74, 6) is 3.86. The van der Waals surface area contributed by atoms with Crippen molar-refractivity contribution in [3.63, 3.8) is 0 Å². The summed E-state index contributed by atoms with van der Waals surface area (Å²) in [6, 6.07) is 0.665. The maximum atomic E-state index is 8.00. The molecule has 4 heteroatoms. The van der Waals surface area contributed by atoms with E-state index < -0.39 is 0 Å². The Morgan fingerprint density at radius 2 is 1.79 bits per heavy atom. The Morgan fingerprint density at radius 3 is 2.35 bits per heavy atom. The molecule has 0 aromatic heterocycles. The van der Waals surface area contributed by atoms with E-state index in [1.807, 2.05) is 19.8 Å². The minimum atomic E-state index is 0.359. The summed E-state index contributed by atoms with van der Waals surface area (Å²) in [4.78, 5) is 8.00. The zero-order valence-corrected chi connectivity index (χ0v) is 23.2. The number of rotatable bonds is 7. The predicted octanol–water partition coefficient (Wildman–Crippen LogP) is 7.30. The van der Waals surface area contributed by atoms with Crippen LogP contribution < -0.4 is 10.7 Å². The highest BCUT2D eigenvalue weighted by atomic mass is 16.1. The van der Waals surface area contributed by atoms with E-state index in [2.05, 4.69) is 82.3 Å². The summed E-state index contributed by atoms with van der Waals surface area (Å²) in [6.07, 6.45) is 21.6. The first-order chi connectivity index (χ1) is 16.3. The molecule has 0 aliphatic heterocycles. The van der Waals surface area contributed by atoms with Gasteiger partial charge in [0.05, 0.1) is 5.71 Å². The van der Waals surface area contributed by atoms with Crippen molar-refractivity contribution in [1.82, 2.24) is 10.7 Å². The second-order valence-corrected chi connectivity index (χ2v) is 10.8. The van der Waals surface area contributed by atoms with Gasteiger partial charge in [0, 0.05) is 17.7 Å². The van der Waals surface area contributed by atoms with Crippen LogP contribution in [0, 0.1) is 34.5 Å². The second-order valence-electron chi connectivity index (χ2n) is 10.8. The Kier molecular flexibility index (Phi) is 13.1. The van der Waals surface area contributed by atoms with Gasteiger partial charge in [0.2, 0.25) is 0 Å². The van der Waals surface area contributed by atoms with Crippen molar-refractivity contribution in [2.45, 2.75) is 99.0 Å². The van der Waals surface area contributed by atoms with Crippen molar-refractivity contribution in [2.75, 3.05) is 7.05 Å². The lowest BCUT2D eigenvalue weighted by molar-refractivity contribution is -0.0980. The van der Waals surface area contributed by atoms with Crippen LogP contribution >= 0.6 is 0 Å². The normalized spacial score (nSPS) is 37.1. The topological polar surface area (TPSA) is 53.5 Å². The van der Waals surface area contributed by atoms with Crippen molar-refractivity contribution in [2.24, 2.45) is 39.6 Å². The number of fused-ring (bicyclic) bond motifs is 3. The molecule has 3 rings (SSSR count). The lowest BCUT2D eigenvalue weighted by Gasteiger charge is -2.58. The smallest absolute Gasteiger partial charge is 0.106 e. The summed E-state index contributed by atoms with van der Waals surface area (Å²) >= 11 is 0. The van der Waals surface area contributed by atoms with Gasteiger partial charge >= 0.3 is 0 Å². The SMILES string of the molecule is C/C=C\C1(C)C(NC)CCC2C1CCC1(C)C(CC)CCC21.C=CN/N=C(C)\C=C/CC.C=O. The molecule has 3 saturated carbocycles. The second kappa shape index (κ2) is 14.7. The fourth-order valence-corrected chi connectivity index (χ4v) is 7.70. The van der Waals surface area contributed by atoms with E-state index in [1.54, 1.807) is 6.20 Å². The standard InChI is InChI=1S/C21H37N.C8H14N2.CH2O/c1-6-13-21(4)18-12-14-20(3)15(7-2)8-10-17(20)16(18)9-11-19(21)22-5;1-4-6-7-8(3)10-9-5-2;1-2/h6,13,15-19,22H,7-12,14H2,1-5H3;5-7,9H,2,4H2,1,3H3;1H2/b13-6-;7-6-,10-8-;. The number of hydrazone groups is 1. The van der Waals surface area contributed by atoms with Gasteiger partial charge in [-0.2, -0.15) is 5.10 Å². The van der Waals surface area contributed by atoms with E-state index in [4.69, 9.17) is 4.79 Å². The summed E-state index contributed by atoms with van der Waals surface area (Å²) in [6.45, 7) is 19.3. The lowest BCUT2D eigenvalue weighted by atomic mass is 9.48. The molecule has 194 valence electrons. The Bertz CT molecular complexity index is 699. The molecule has 0 heterocycles. The number of nitrogens with one attached hydrogen (secondary N) is 2. The molecule has 7 unspecified atom stereocenters. The summed E-state index contributed by atoms with van der Waals surface area (Å²) in [7, 11) is 2.17. The maximum Gasteiger partial charge on any atom is 0.106 e. The number of hydrogen-bond acceptors (Lipinski definition) is 4. The van der Waals surface area contributed by atoms with E-state index in [-0.39, 0.29) is 0 Å². The minimum Gasteiger partial charge on any atom is -0.316 e. The van der Waals surface area contributed by atoms with Gasteiger partial charge in [0.15, 0.2) is 0 Å². The van der Waals surface area contributed by atoms with E-state index >= 15 is 0 Å². The average Bonchev–Trinajstić information content (AvgIpc) is 3.19. The Hall–Kier alpha value is -1.68. The first kappa shape index (κ1) is 30.4. The lowest BCUT2D eigenvalue weighted by Crippen LogP contribution is -2.56. The number of carbonyl (C=O) groups excluding carboxylic acids is 1. The van der Waals surface area contributed by atoms with Crippen LogP contribution in [0.25, 0.3) is 0 Å². The molecular weight excluding hydrogens is 418 g/mol. The highest BCUT2D eigenvalue weighted by molar-refractivity contribution is 5.92. The zero-order chi connectivity index (χ0) is 25.8. The molecule has 0 aromatic rings. The van der Waals surface area contributed by atoms with Crippen molar-refractivity contribution in [3.05, 3.63) is 37.1 Å². The molecule has 34 heavy (non-hydrogen) atoms. The van der Waals surface area contributed by atoms with Crippen LogP contribution in [-0.2, 0) is 4.79 Å². The number of allylic oxidation sites excluding steroid dienone is 3. The molecule has 4 nitrogen and oxygen atoms in total. The van der Waals surface area contributed by atoms with Crippen molar-refractivity contribution in [1.29, 1.82) is 0 Å². The average molecular weight is 472 g/mol. The molecule has 0 amide bonds. The summed E-state index contributed by atoms with van der Waals surface area (Å²) in [5, 5.41) is 7.59. The fourth-order valence-electron chi connectivity index (χ4n) is 7.70. The van der Waals surface area contributed by atoms with Gasteiger partial charge in [0.25, 0.3) is 0 Å². The first-order valence-electron chi connectivity index (χ1n) is 13.5. The van der Waals surface area contributed by atoms with Gasteiger partial charge in [-0.1, -0.05) is 58.9 Å². The monoisotopic (exact) mass is 471 g/mol. The number of hydrogen-bond donors (Lipinski definition) is 2. The third kappa shape index (κ3) is 6.71. The van der Waals surface area contributed by atoms with Gasteiger partial charge in [0.1, 0.15) is 6.79 Å².